The Balaban J connectivity index is 2.96. The van der Waals surface area contributed by atoms with Crippen molar-refractivity contribution in [1.82, 2.24) is 0 Å². The molecule has 0 saturated carbocycles. The lowest BCUT2D eigenvalue weighted by Gasteiger charge is -2.21. The lowest BCUT2D eigenvalue weighted by atomic mass is 9.86. The second-order valence-electron chi connectivity index (χ2n) is 3.88. The molecule has 0 heterocycles. The first kappa shape index (κ1) is 9.60. The Hall–Kier alpha value is -0.490. The summed E-state index contributed by atoms with van der Waals surface area (Å²) in [6.07, 6.45) is 0. The molecule has 0 N–H and O–H groups in total. The maximum Gasteiger partial charge on any atom is 0.0315 e. The maximum atomic E-state index is 5.87. The van der Waals surface area contributed by atoms with Crippen LogP contribution in [0.25, 0.3) is 0 Å². The summed E-state index contributed by atoms with van der Waals surface area (Å²) < 4.78 is 0. The molecule has 1 heteroatoms. The van der Waals surface area contributed by atoms with E-state index in [0.29, 0.717) is 5.88 Å². The molecule has 0 aliphatic rings. The maximum absolute atomic E-state index is 5.87. The van der Waals surface area contributed by atoms with E-state index in [9.17, 15) is 0 Å². The van der Waals surface area contributed by atoms with Gasteiger partial charge >= 0.3 is 0 Å². The highest BCUT2D eigenvalue weighted by Gasteiger charge is 2.18. The highest BCUT2D eigenvalue weighted by Crippen LogP contribution is 2.24. The predicted molar refractivity (Wildman–Crippen MR) is 54.9 cm³/mol. The molecule has 0 spiro atoms. The van der Waals surface area contributed by atoms with Crippen LogP contribution in [0.1, 0.15) is 25.0 Å². The first-order chi connectivity index (χ1) is 5.56. The zero-order valence-corrected chi connectivity index (χ0v) is 8.65. The monoisotopic (exact) mass is 182 g/mol. The van der Waals surface area contributed by atoms with Crippen molar-refractivity contribution < 1.29 is 0 Å². The van der Waals surface area contributed by atoms with Crippen molar-refractivity contribution in [3.05, 3.63) is 35.4 Å². The van der Waals surface area contributed by atoms with E-state index in [4.69, 9.17) is 11.6 Å². The predicted octanol–water partition coefficient (Wildman–Crippen LogP) is 3.51. The third-order valence-electron chi connectivity index (χ3n) is 2.17. The van der Waals surface area contributed by atoms with Crippen LogP contribution in [0.3, 0.4) is 0 Å². The second kappa shape index (κ2) is 3.49. The summed E-state index contributed by atoms with van der Waals surface area (Å²) in [5.41, 5.74) is 2.70. The number of aryl methyl sites for hydroxylation is 1. The van der Waals surface area contributed by atoms with Gasteiger partial charge in [0.15, 0.2) is 0 Å². The fourth-order valence-corrected chi connectivity index (χ4v) is 1.24. The van der Waals surface area contributed by atoms with Gasteiger partial charge in [0.05, 0.1) is 0 Å². The van der Waals surface area contributed by atoms with Crippen molar-refractivity contribution in [2.45, 2.75) is 26.2 Å². The standard InChI is InChI=1S/C11H15Cl/c1-9-4-6-10(7-5-9)11(2,3)8-12/h4-7H,8H2,1-3H3. The number of rotatable bonds is 2. The van der Waals surface area contributed by atoms with Gasteiger partial charge in [0.1, 0.15) is 0 Å². The molecule has 1 aromatic rings. The van der Waals surface area contributed by atoms with Crippen LogP contribution in [0, 0.1) is 6.92 Å². The van der Waals surface area contributed by atoms with Crippen LogP contribution in [0.4, 0.5) is 0 Å². The van der Waals surface area contributed by atoms with Crippen LogP contribution in [0.5, 0.6) is 0 Å². The molecule has 0 fully saturated rings. The lowest BCUT2D eigenvalue weighted by Crippen LogP contribution is -2.18. The summed E-state index contributed by atoms with van der Waals surface area (Å²) in [7, 11) is 0. The summed E-state index contributed by atoms with van der Waals surface area (Å²) >= 11 is 5.87. The van der Waals surface area contributed by atoms with Gasteiger partial charge in [-0.1, -0.05) is 43.7 Å². The fourth-order valence-electron chi connectivity index (χ4n) is 1.08. The van der Waals surface area contributed by atoms with Crippen LogP contribution in [0.2, 0.25) is 0 Å². The van der Waals surface area contributed by atoms with Gasteiger partial charge in [-0.05, 0) is 12.5 Å². The van der Waals surface area contributed by atoms with Crippen LogP contribution in [-0.4, -0.2) is 5.88 Å². The van der Waals surface area contributed by atoms with Gasteiger partial charge in [-0.3, -0.25) is 0 Å². The van der Waals surface area contributed by atoms with Crippen molar-refractivity contribution in [3.63, 3.8) is 0 Å². The lowest BCUT2D eigenvalue weighted by molar-refractivity contribution is 0.598. The van der Waals surface area contributed by atoms with Gasteiger partial charge in [-0.2, -0.15) is 0 Å². The first-order valence-electron chi connectivity index (χ1n) is 4.19. The van der Waals surface area contributed by atoms with Crippen molar-refractivity contribution in [2.24, 2.45) is 0 Å². The van der Waals surface area contributed by atoms with E-state index in [0.717, 1.165) is 0 Å². The quantitative estimate of drug-likeness (QED) is 0.615. The Labute approximate surface area is 79.6 Å². The molecule has 12 heavy (non-hydrogen) atoms. The molecule has 1 aromatic carbocycles. The van der Waals surface area contributed by atoms with Crippen LogP contribution in [0.15, 0.2) is 24.3 Å². The smallest absolute Gasteiger partial charge is 0.0315 e. The van der Waals surface area contributed by atoms with E-state index in [1.54, 1.807) is 0 Å². The molecule has 66 valence electrons. The van der Waals surface area contributed by atoms with Gasteiger partial charge in [0, 0.05) is 11.3 Å². The largest absolute Gasteiger partial charge is 0.126 e. The highest BCUT2D eigenvalue weighted by molar-refractivity contribution is 6.18. The van der Waals surface area contributed by atoms with Crippen LogP contribution in [-0.2, 0) is 5.41 Å². The minimum atomic E-state index is 0.0925. The molecular formula is C11H15Cl. The molecular weight excluding hydrogens is 168 g/mol. The molecule has 0 bridgehead atoms. The molecule has 0 nitrogen and oxygen atoms in total. The fraction of sp³-hybridized carbons (Fsp3) is 0.455. The zero-order chi connectivity index (χ0) is 9.19. The molecule has 0 amide bonds. The number of alkyl halides is 1. The summed E-state index contributed by atoms with van der Waals surface area (Å²) in [6.45, 7) is 6.41. The molecule has 0 unspecified atom stereocenters. The number of hydrogen-bond acceptors (Lipinski definition) is 0. The third-order valence-corrected chi connectivity index (χ3v) is 2.84. The Morgan fingerprint density at radius 3 is 2.08 bits per heavy atom. The third kappa shape index (κ3) is 2.01. The normalized spacial score (nSPS) is 11.7. The average molecular weight is 183 g/mol. The number of halogens is 1. The Bertz CT molecular complexity index is 246. The Morgan fingerprint density at radius 1 is 1.17 bits per heavy atom. The van der Waals surface area contributed by atoms with Crippen molar-refractivity contribution in [1.29, 1.82) is 0 Å². The Morgan fingerprint density at radius 2 is 1.67 bits per heavy atom. The number of hydrogen-bond donors (Lipinski definition) is 0. The zero-order valence-electron chi connectivity index (χ0n) is 7.89. The van der Waals surface area contributed by atoms with Gasteiger partial charge in [-0.15, -0.1) is 11.6 Å². The molecule has 0 aliphatic carbocycles. The minimum absolute atomic E-state index is 0.0925. The number of benzene rings is 1. The van der Waals surface area contributed by atoms with Crippen molar-refractivity contribution in [2.75, 3.05) is 5.88 Å². The molecule has 0 atom stereocenters. The van der Waals surface area contributed by atoms with E-state index in [2.05, 4.69) is 45.0 Å². The summed E-state index contributed by atoms with van der Waals surface area (Å²) in [4.78, 5) is 0. The second-order valence-corrected chi connectivity index (χ2v) is 4.15. The molecule has 1 rings (SSSR count). The minimum Gasteiger partial charge on any atom is -0.126 e. The van der Waals surface area contributed by atoms with Crippen molar-refractivity contribution in [3.8, 4) is 0 Å². The highest BCUT2D eigenvalue weighted by atomic mass is 35.5. The van der Waals surface area contributed by atoms with Crippen LogP contribution < -0.4 is 0 Å². The molecule has 0 saturated heterocycles. The Kier molecular flexibility index (Phi) is 2.79. The van der Waals surface area contributed by atoms with Crippen LogP contribution >= 0.6 is 11.6 Å². The van der Waals surface area contributed by atoms with Gasteiger partial charge < -0.3 is 0 Å². The van der Waals surface area contributed by atoms with Crippen molar-refractivity contribution >= 4 is 11.6 Å². The molecule has 0 radical (unpaired) electrons. The van der Waals surface area contributed by atoms with Gasteiger partial charge in [-0.25, -0.2) is 0 Å². The molecule has 0 aromatic heterocycles. The summed E-state index contributed by atoms with van der Waals surface area (Å²) in [6, 6.07) is 8.56. The van der Waals surface area contributed by atoms with E-state index in [1.807, 2.05) is 0 Å². The average Bonchev–Trinajstić information content (AvgIpc) is 2.05. The summed E-state index contributed by atoms with van der Waals surface area (Å²) in [5.74, 6) is 0.663. The van der Waals surface area contributed by atoms with E-state index in [-0.39, 0.29) is 5.41 Å². The summed E-state index contributed by atoms with van der Waals surface area (Å²) in [5, 5.41) is 0. The SMILES string of the molecule is Cc1ccc(C(C)(C)CCl)cc1. The van der Waals surface area contributed by atoms with E-state index < -0.39 is 0 Å². The topological polar surface area (TPSA) is 0 Å². The van der Waals surface area contributed by atoms with Gasteiger partial charge in [0.25, 0.3) is 0 Å². The molecule has 0 aliphatic heterocycles. The first-order valence-corrected chi connectivity index (χ1v) is 4.73. The van der Waals surface area contributed by atoms with E-state index in [1.165, 1.54) is 11.1 Å². The van der Waals surface area contributed by atoms with E-state index >= 15 is 0 Å². The van der Waals surface area contributed by atoms with Gasteiger partial charge in [0.2, 0.25) is 0 Å².